The molecule has 4 rings (SSSR count). The lowest BCUT2D eigenvalue weighted by atomic mass is 10.0. The summed E-state index contributed by atoms with van der Waals surface area (Å²) in [6.07, 6.45) is 1.96. The van der Waals surface area contributed by atoms with Gasteiger partial charge in [0, 0.05) is 11.4 Å². The van der Waals surface area contributed by atoms with Crippen LogP contribution in [0.5, 0.6) is 0 Å². The lowest BCUT2D eigenvalue weighted by Crippen LogP contribution is -2.42. The van der Waals surface area contributed by atoms with Crippen LogP contribution in [0, 0.1) is 0 Å². The summed E-state index contributed by atoms with van der Waals surface area (Å²) >= 11 is 1.64. The maximum atomic E-state index is 12.9. The Bertz CT molecular complexity index is 864. The first kappa shape index (κ1) is 20.6. The minimum Gasteiger partial charge on any atom is -0.349 e. The number of nitrogens with one attached hydrogen (secondary N) is 2. The maximum absolute atomic E-state index is 12.9. The first-order chi connectivity index (χ1) is 11.8. The van der Waals surface area contributed by atoms with Crippen LogP contribution in [0.1, 0.15) is 23.2 Å². The molecule has 7 heteroatoms. The van der Waals surface area contributed by atoms with Crippen molar-refractivity contribution in [1.29, 1.82) is 0 Å². The number of para-hydroxylation sites is 1. The third-order valence-corrected chi connectivity index (χ3v) is 5.30. The third-order valence-electron chi connectivity index (χ3n) is 4.41. The fourth-order valence-electron chi connectivity index (χ4n) is 3.14. The topological polar surface area (TPSA) is 54.0 Å². The van der Waals surface area contributed by atoms with Crippen LogP contribution >= 0.6 is 36.2 Å². The smallest absolute Gasteiger partial charge is 0.252 e. The highest BCUT2D eigenvalue weighted by Crippen LogP contribution is 2.28. The number of fused-ring (bicyclic) bond motifs is 1. The molecular weight excluding hydrogens is 389 g/mol. The van der Waals surface area contributed by atoms with E-state index in [1.807, 2.05) is 47.8 Å². The van der Waals surface area contributed by atoms with Crippen molar-refractivity contribution in [2.45, 2.75) is 18.9 Å². The van der Waals surface area contributed by atoms with E-state index in [1.165, 1.54) is 0 Å². The zero-order chi connectivity index (χ0) is 16.4. The summed E-state index contributed by atoms with van der Waals surface area (Å²) in [7, 11) is 0. The molecule has 4 nitrogen and oxygen atoms in total. The monoisotopic (exact) mass is 409 g/mol. The van der Waals surface area contributed by atoms with Gasteiger partial charge in [-0.1, -0.05) is 24.3 Å². The molecule has 1 amide bonds. The number of carbonyl (C=O) groups is 1. The molecule has 3 aromatic rings. The van der Waals surface area contributed by atoms with Gasteiger partial charge in [-0.25, -0.2) is 4.98 Å². The summed E-state index contributed by atoms with van der Waals surface area (Å²) in [6, 6.07) is 14.1. The molecule has 0 unspecified atom stereocenters. The van der Waals surface area contributed by atoms with Gasteiger partial charge in [0.2, 0.25) is 0 Å². The van der Waals surface area contributed by atoms with Crippen molar-refractivity contribution in [1.82, 2.24) is 15.6 Å². The van der Waals surface area contributed by atoms with Crippen molar-refractivity contribution in [3.63, 3.8) is 0 Å². The van der Waals surface area contributed by atoms with Gasteiger partial charge < -0.3 is 10.6 Å². The number of pyridine rings is 1. The van der Waals surface area contributed by atoms with Crippen LogP contribution in [0.15, 0.2) is 47.8 Å². The number of aromatic nitrogens is 1. The maximum Gasteiger partial charge on any atom is 0.252 e. The highest BCUT2D eigenvalue weighted by atomic mass is 35.5. The molecule has 0 aliphatic carbocycles. The van der Waals surface area contributed by atoms with Crippen LogP contribution in [0.2, 0.25) is 0 Å². The summed E-state index contributed by atoms with van der Waals surface area (Å²) in [4.78, 5) is 18.7. The minimum atomic E-state index is -0.00157. The fourth-order valence-corrected chi connectivity index (χ4v) is 3.83. The average Bonchev–Trinajstić information content (AvgIpc) is 3.16. The number of thiophene rings is 1. The molecule has 1 aromatic carbocycles. The Morgan fingerprint density at radius 1 is 1.12 bits per heavy atom. The Morgan fingerprint density at radius 2 is 1.88 bits per heavy atom. The number of benzene rings is 1. The highest BCUT2D eigenvalue weighted by molar-refractivity contribution is 7.13. The Kier molecular flexibility index (Phi) is 7.41. The normalized spacial score (nSPS) is 14.3. The van der Waals surface area contributed by atoms with Crippen molar-refractivity contribution in [3.05, 3.63) is 53.4 Å². The second-order valence-electron chi connectivity index (χ2n) is 6.05. The van der Waals surface area contributed by atoms with E-state index in [4.69, 9.17) is 4.98 Å². The van der Waals surface area contributed by atoms with Crippen molar-refractivity contribution in [3.8, 4) is 10.6 Å². The van der Waals surface area contributed by atoms with Gasteiger partial charge in [-0.2, -0.15) is 0 Å². The predicted molar refractivity (Wildman–Crippen MR) is 113 cm³/mol. The first-order valence-corrected chi connectivity index (χ1v) is 9.14. The molecule has 1 fully saturated rings. The molecule has 2 aromatic heterocycles. The molecule has 2 N–H and O–H groups in total. The van der Waals surface area contributed by atoms with Crippen molar-refractivity contribution >= 4 is 53.0 Å². The molecule has 26 heavy (non-hydrogen) atoms. The second-order valence-corrected chi connectivity index (χ2v) is 6.99. The van der Waals surface area contributed by atoms with E-state index in [9.17, 15) is 4.79 Å². The average molecular weight is 410 g/mol. The minimum absolute atomic E-state index is 0. The van der Waals surface area contributed by atoms with Gasteiger partial charge in [-0.3, -0.25) is 4.79 Å². The molecule has 0 saturated carbocycles. The van der Waals surface area contributed by atoms with Gasteiger partial charge in [-0.15, -0.1) is 36.2 Å². The second kappa shape index (κ2) is 9.33. The van der Waals surface area contributed by atoms with E-state index in [0.29, 0.717) is 5.56 Å². The number of hydrogen-bond donors (Lipinski definition) is 2. The lowest BCUT2D eigenvalue weighted by Gasteiger charge is -2.24. The Morgan fingerprint density at radius 3 is 2.62 bits per heavy atom. The van der Waals surface area contributed by atoms with Crippen LogP contribution in [0.25, 0.3) is 21.5 Å². The summed E-state index contributed by atoms with van der Waals surface area (Å²) in [5.74, 6) is -0.00157. The zero-order valence-corrected chi connectivity index (χ0v) is 16.6. The molecule has 0 bridgehead atoms. The number of rotatable bonds is 3. The molecule has 3 heterocycles. The van der Waals surface area contributed by atoms with E-state index >= 15 is 0 Å². The molecule has 0 spiro atoms. The largest absolute Gasteiger partial charge is 0.349 e. The van der Waals surface area contributed by atoms with Crippen LogP contribution in [-0.2, 0) is 0 Å². The number of halogens is 2. The van der Waals surface area contributed by atoms with Crippen molar-refractivity contribution in [2.75, 3.05) is 13.1 Å². The molecule has 138 valence electrons. The van der Waals surface area contributed by atoms with Gasteiger partial charge in [0.15, 0.2) is 0 Å². The first-order valence-electron chi connectivity index (χ1n) is 8.26. The third kappa shape index (κ3) is 4.35. The van der Waals surface area contributed by atoms with E-state index < -0.39 is 0 Å². The Labute approximate surface area is 169 Å². The summed E-state index contributed by atoms with van der Waals surface area (Å²) in [5.41, 5.74) is 2.43. The Balaban J connectivity index is 0.00000121. The van der Waals surface area contributed by atoms with Gasteiger partial charge in [-0.05, 0) is 49.5 Å². The van der Waals surface area contributed by atoms with E-state index in [-0.39, 0.29) is 36.8 Å². The van der Waals surface area contributed by atoms with E-state index in [2.05, 4.69) is 10.6 Å². The quantitative estimate of drug-likeness (QED) is 0.678. The van der Waals surface area contributed by atoms with Gasteiger partial charge in [0.05, 0.1) is 21.7 Å². The summed E-state index contributed by atoms with van der Waals surface area (Å²) in [5, 5.41) is 9.46. The highest BCUT2D eigenvalue weighted by Gasteiger charge is 2.19. The SMILES string of the molecule is Cl.Cl.O=C(NC1CCNCC1)c1cc(-c2cccs2)nc2ccccc12. The molecule has 0 atom stereocenters. The Hall–Kier alpha value is -1.66. The standard InChI is InChI=1S/C19H19N3OS.2ClH/c23-19(21-13-7-9-20-10-8-13)15-12-17(18-6-3-11-24-18)22-16-5-2-1-4-14(15)16;;/h1-6,11-13,20H,7-10H2,(H,21,23);2*1H. The summed E-state index contributed by atoms with van der Waals surface area (Å²) in [6.45, 7) is 1.92. The lowest BCUT2D eigenvalue weighted by molar-refractivity contribution is 0.0931. The van der Waals surface area contributed by atoms with Gasteiger partial charge >= 0.3 is 0 Å². The summed E-state index contributed by atoms with van der Waals surface area (Å²) < 4.78 is 0. The zero-order valence-electron chi connectivity index (χ0n) is 14.1. The van der Waals surface area contributed by atoms with Crippen LogP contribution in [0.4, 0.5) is 0 Å². The van der Waals surface area contributed by atoms with Crippen molar-refractivity contribution in [2.24, 2.45) is 0 Å². The van der Waals surface area contributed by atoms with Crippen LogP contribution in [0.3, 0.4) is 0 Å². The molecule has 0 radical (unpaired) electrons. The molecule has 1 aliphatic heterocycles. The molecule has 1 saturated heterocycles. The number of carbonyl (C=O) groups excluding carboxylic acids is 1. The predicted octanol–water partition coefficient (Wildman–Crippen LogP) is 4.29. The number of nitrogens with zero attached hydrogens (tertiary/aromatic N) is 1. The molecular formula is C19H21Cl2N3OS. The number of hydrogen-bond acceptors (Lipinski definition) is 4. The van der Waals surface area contributed by atoms with Gasteiger partial charge in [0.1, 0.15) is 0 Å². The number of amides is 1. The van der Waals surface area contributed by atoms with Crippen molar-refractivity contribution < 1.29 is 4.79 Å². The van der Waals surface area contributed by atoms with Crippen LogP contribution < -0.4 is 10.6 Å². The van der Waals surface area contributed by atoms with Crippen LogP contribution in [-0.4, -0.2) is 30.0 Å². The number of piperidine rings is 1. The van der Waals surface area contributed by atoms with Gasteiger partial charge in [0.25, 0.3) is 5.91 Å². The van der Waals surface area contributed by atoms with E-state index in [1.54, 1.807) is 11.3 Å². The fraction of sp³-hybridized carbons (Fsp3) is 0.263. The van der Waals surface area contributed by atoms with E-state index in [0.717, 1.165) is 47.4 Å². The molecule has 1 aliphatic rings.